The second-order valence-corrected chi connectivity index (χ2v) is 6.71. The van der Waals surface area contributed by atoms with Crippen LogP contribution in [-0.2, 0) is 25.0 Å². The van der Waals surface area contributed by atoms with Crippen LogP contribution >= 0.6 is 0 Å². The van der Waals surface area contributed by atoms with Crippen molar-refractivity contribution in [2.45, 2.75) is 50.4 Å². The second kappa shape index (κ2) is 8.85. The van der Waals surface area contributed by atoms with Crippen LogP contribution in [-0.4, -0.2) is 36.8 Å². The standard InChI is InChI=1S/C8H18O7S2.Na/c1-3-5-7(16(9,10)11)15-8(6-4-2)17(12,13)14;/h7-8H,3-6H2,1-2H3,(H,9,10,11)(H,12,13,14);/q;+1. The van der Waals surface area contributed by atoms with Crippen LogP contribution in [0.2, 0.25) is 0 Å². The third-order valence-electron chi connectivity index (χ3n) is 2.02. The molecule has 0 aromatic heterocycles. The Balaban J connectivity index is 0. The molecule has 2 unspecified atom stereocenters. The van der Waals surface area contributed by atoms with Gasteiger partial charge in [-0.15, -0.1) is 0 Å². The molecule has 10 heteroatoms. The fourth-order valence-corrected chi connectivity index (χ4v) is 2.90. The van der Waals surface area contributed by atoms with Crippen molar-refractivity contribution in [1.82, 2.24) is 0 Å². The topological polar surface area (TPSA) is 118 Å². The van der Waals surface area contributed by atoms with Gasteiger partial charge in [0.15, 0.2) is 10.9 Å². The molecule has 0 spiro atoms. The van der Waals surface area contributed by atoms with Crippen LogP contribution < -0.4 is 29.6 Å². The predicted octanol–water partition coefficient (Wildman–Crippen LogP) is -1.96. The first kappa shape index (κ1) is 21.1. The average molecular weight is 313 g/mol. The van der Waals surface area contributed by atoms with Crippen molar-refractivity contribution in [3.05, 3.63) is 0 Å². The molecule has 0 heterocycles. The van der Waals surface area contributed by atoms with Crippen molar-refractivity contribution in [1.29, 1.82) is 0 Å². The molecule has 0 aromatic carbocycles. The van der Waals surface area contributed by atoms with Crippen molar-refractivity contribution < 1.29 is 60.2 Å². The van der Waals surface area contributed by atoms with Gasteiger partial charge in [0.1, 0.15) is 0 Å². The summed E-state index contributed by atoms with van der Waals surface area (Å²) >= 11 is 0. The molecule has 0 aliphatic heterocycles. The molecule has 2 atom stereocenters. The van der Waals surface area contributed by atoms with E-state index in [4.69, 9.17) is 13.8 Å². The van der Waals surface area contributed by atoms with E-state index in [9.17, 15) is 16.8 Å². The summed E-state index contributed by atoms with van der Waals surface area (Å²) in [5.74, 6) is 0. The predicted molar refractivity (Wildman–Crippen MR) is 61.6 cm³/mol. The van der Waals surface area contributed by atoms with E-state index in [1.807, 2.05) is 0 Å². The quantitative estimate of drug-likeness (QED) is 0.394. The van der Waals surface area contributed by atoms with Crippen molar-refractivity contribution in [2.24, 2.45) is 0 Å². The van der Waals surface area contributed by atoms with Crippen LogP contribution in [0.25, 0.3) is 0 Å². The van der Waals surface area contributed by atoms with Crippen molar-refractivity contribution in [3.8, 4) is 0 Å². The van der Waals surface area contributed by atoms with Gasteiger partial charge in [0, 0.05) is 0 Å². The van der Waals surface area contributed by atoms with Gasteiger partial charge in [-0.25, -0.2) is 0 Å². The monoisotopic (exact) mass is 313 g/mol. The summed E-state index contributed by atoms with van der Waals surface area (Å²) in [5, 5.41) is 0. The van der Waals surface area contributed by atoms with Gasteiger partial charge in [-0.05, 0) is 12.8 Å². The van der Waals surface area contributed by atoms with Crippen LogP contribution in [0.3, 0.4) is 0 Å². The first-order valence-corrected chi connectivity index (χ1v) is 8.21. The summed E-state index contributed by atoms with van der Waals surface area (Å²) in [5.41, 5.74) is -3.27. The average Bonchev–Trinajstić information content (AvgIpc) is 2.12. The summed E-state index contributed by atoms with van der Waals surface area (Å²) in [6.45, 7) is 3.31. The van der Waals surface area contributed by atoms with E-state index in [0.29, 0.717) is 12.8 Å². The zero-order valence-corrected chi connectivity index (χ0v) is 14.4. The van der Waals surface area contributed by atoms with E-state index in [-0.39, 0.29) is 42.4 Å². The largest absolute Gasteiger partial charge is 1.00 e. The Hall–Kier alpha value is 0.780. The summed E-state index contributed by atoms with van der Waals surface area (Å²) in [4.78, 5) is 0. The third-order valence-corrected chi connectivity index (χ3v) is 4.04. The SMILES string of the molecule is CCCC(OC(CCC)S(=O)(=O)O)S(=O)(=O)O.[Na+]. The number of rotatable bonds is 8. The molecule has 2 N–H and O–H groups in total. The summed E-state index contributed by atoms with van der Waals surface area (Å²) < 4.78 is 66.3. The van der Waals surface area contributed by atoms with Crippen LogP contribution in [0.5, 0.6) is 0 Å². The first-order valence-electron chi connectivity index (χ1n) is 5.21. The third kappa shape index (κ3) is 8.05. The Morgan fingerprint density at radius 1 is 0.889 bits per heavy atom. The Morgan fingerprint density at radius 3 is 1.33 bits per heavy atom. The second-order valence-electron chi connectivity index (χ2n) is 3.60. The van der Waals surface area contributed by atoms with E-state index in [0.717, 1.165) is 0 Å². The molecule has 0 aliphatic rings. The smallest absolute Gasteiger partial charge is 0.338 e. The molecule has 104 valence electrons. The fourth-order valence-electron chi connectivity index (χ4n) is 1.22. The fraction of sp³-hybridized carbons (Fsp3) is 1.00. The van der Waals surface area contributed by atoms with Gasteiger partial charge in [0.05, 0.1) is 0 Å². The molecule has 18 heavy (non-hydrogen) atoms. The molecule has 0 aliphatic carbocycles. The maximum absolute atomic E-state index is 10.9. The van der Waals surface area contributed by atoms with Crippen molar-refractivity contribution in [3.63, 3.8) is 0 Å². The minimum absolute atomic E-state index is 0. The molecule has 0 aromatic rings. The van der Waals surface area contributed by atoms with Gasteiger partial charge in [0.2, 0.25) is 0 Å². The van der Waals surface area contributed by atoms with Gasteiger partial charge in [-0.3, -0.25) is 9.11 Å². The Morgan fingerprint density at radius 2 is 1.17 bits per heavy atom. The Kier molecular flexibility index (Phi) is 10.4. The Labute approximate surface area is 130 Å². The molecule has 0 saturated carbocycles. The molecular weight excluding hydrogens is 295 g/mol. The van der Waals surface area contributed by atoms with E-state index in [2.05, 4.69) is 0 Å². The van der Waals surface area contributed by atoms with E-state index >= 15 is 0 Å². The molecule has 0 amide bonds. The molecule has 7 nitrogen and oxygen atoms in total. The van der Waals surface area contributed by atoms with E-state index < -0.39 is 31.1 Å². The maximum atomic E-state index is 10.9. The normalized spacial score (nSPS) is 15.8. The summed E-state index contributed by atoms with van der Waals surface area (Å²) in [6, 6.07) is 0. The first-order chi connectivity index (χ1) is 7.62. The van der Waals surface area contributed by atoms with Crippen LogP contribution in [0.1, 0.15) is 39.5 Å². The summed E-state index contributed by atoms with van der Waals surface area (Å²) in [6.07, 6.45) is 0.673. The van der Waals surface area contributed by atoms with Gasteiger partial charge in [0.25, 0.3) is 20.2 Å². The van der Waals surface area contributed by atoms with Gasteiger partial charge >= 0.3 is 29.6 Å². The number of ether oxygens (including phenoxy) is 1. The Bertz CT molecular complexity index is 377. The molecule has 0 rings (SSSR count). The van der Waals surface area contributed by atoms with Crippen molar-refractivity contribution >= 4 is 20.2 Å². The maximum Gasteiger partial charge on any atom is 1.00 e. The van der Waals surface area contributed by atoms with E-state index in [1.165, 1.54) is 0 Å². The van der Waals surface area contributed by atoms with Crippen LogP contribution in [0.15, 0.2) is 0 Å². The van der Waals surface area contributed by atoms with Crippen LogP contribution in [0.4, 0.5) is 0 Å². The van der Waals surface area contributed by atoms with Gasteiger partial charge < -0.3 is 4.74 Å². The van der Waals surface area contributed by atoms with E-state index in [1.54, 1.807) is 13.8 Å². The minimum atomic E-state index is -4.50. The van der Waals surface area contributed by atoms with Gasteiger partial charge in [-0.2, -0.15) is 16.8 Å². The zero-order chi connectivity index (χ0) is 13.7. The minimum Gasteiger partial charge on any atom is -0.338 e. The number of hydrogen-bond acceptors (Lipinski definition) is 5. The van der Waals surface area contributed by atoms with Crippen molar-refractivity contribution in [2.75, 3.05) is 0 Å². The summed E-state index contributed by atoms with van der Waals surface area (Å²) in [7, 11) is -9.00. The van der Waals surface area contributed by atoms with Crippen LogP contribution in [0, 0.1) is 0 Å². The molecule has 0 bridgehead atoms. The molecule has 0 fully saturated rings. The molecule has 0 saturated heterocycles. The molecular formula is C8H18NaO7S2+. The zero-order valence-electron chi connectivity index (χ0n) is 10.7. The number of hydrogen-bond donors (Lipinski definition) is 2. The molecule has 0 radical (unpaired) electrons. The van der Waals surface area contributed by atoms with Gasteiger partial charge in [-0.1, -0.05) is 26.7 Å².